The fraction of sp³-hybridized carbons (Fsp3) is 0.692. The first-order valence-electron chi connectivity index (χ1n) is 33.6. The molecule has 0 fully saturated rings. The molecule has 1 aromatic carbocycles. The predicted octanol–water partition coefficient (Wildman–Crippen LogP) is -1.50. The zero-order valence-corrected chi connectivity index (χ0v) is 59.6. The second-order valence-corrected chi connectivity index (χ2v) is 26.8. The molecule has 0 radical (unpaired) electrons. The summed E-state index contributed by atoms with van der Waals surface area (Å²) >= 11 is 1.34. The third-order valence-electron chi connectivity index (χ3n) is 16.5. The standard InChI is InChI=1S/C65H113N17O15S/c1-12-36(8)51(81-60(92)46(31-35(6)7)77-58(90)45(30-34(4)5)76-54(86)41(67)24-25-49(68)84)62(94)75-43(19-17-28-72-65(70)71)55(87)74-44(26-29-98-11)57(89)80-52(37(9)13-2)63(95)79-47(32-39-20-22-40(83)23-21-39)59(91)73-42(18-15-16-27-66)56(88)78-48(33-50(69)85)61(93)82-53(64(96)97)38(10)14-3/h20-23,34-38,41-48,51-53,83H,12-19,24-33,66-67H2,1-11H3,(H2,68,84)(H2,69,85)(H,73,91)(H,74,87)(H,75,94)(H,76,86)(H,77,90)(H,78,88)(H,79,95)(H,80,89)(H,81,92)(H,82,93)(H,96,97)(H4,70,71,72)/t36-,37-,38-,41-,42-,43-,44-,45-,46-,47-,48-,51-,52-,53-/m0/s1. The number of carboxylic acid groups (broad SMARTS) is 1. The third-order valence-corrected chi connectivity index (χ3v) is 17.2. The van der Waals surface area contributed by atoms with E-state index in [-0.39, 0.29) is 107 Å². The van der Waals surface area contributed by atoms with Gasteiger partial charge >= 0.3 is 5.97 Å². The molecule has 24 N–H and O–H groups in total. The highest BCUT2D eigenvalue weighted by Crippen LogP contribution is 2.18. The summed E-state index contributed by atoms with van der Waals surface area (Å²) in [4.78, 5) is 183. The first-order valence-corrected chi connectivity index (χ1v) is 35.0. The van der Waals surface area contributed by atoms with Crippen molar-refractivity contribution < 1.29 is 72.5 Å². The number of benzene rings is 1. The van der Waals surface area contributed by atoms with Crippen LogP contribution in [0.3, 0.4) is 0 Å². The zero-order chi connectivity index (χ0) is 74.5. The maximum absolute atomic E-state index is 14.8. The number of unbranched alkanes of at least 4 members (excludes halogenated alkanes) is 1. The molecular formula is C65H113N17O15S. The van der Waals surface area contributed by atoms with E-state index in [0.717, 1.165) is 0 Å². The average molecular weight is 1400 g/mol. The predicted molar refractivity (Wildman–Crippen MR) is 372 cm³/mol. The quantitative estimate of drug-likeness (QED) is 0.0201. The number of amides is 12. The van der Waals surface area contributed by atoms with E-state index in [4.69, 9.17) is 34.4 Å². The number of aliphatic carboxylic acids is 1. The number of nitrogens with one attached hydrogen (secondary N) is 10. The number of carbonyl (C=O) groups is 13. The molecule has 98 heavy (non-hydrogen) atoms. The lowest BCUT2D eigenvalue weighted by molar-refractivity contribution is -0.144. The SMILES string of the molecule is CC[C@H](C)[C@H](NC(=O)[C@H](CC(N)=O)NC(=O)[C@H](CCCCN)NC(=O)[C@H](Cc1ccc(O)cc1)NC(=O)[C@@H](NC(=O)[C@H](CCSC)NC(=O)[C@H](CCCN=C(N)N)NC(=O)[C@@H](NC(=O)[C@H](CC(C)C)NC(=O)[C@H](CC(C)C)NC(=O)[C@@H](N)CCC(N)=O)[C@@H](C)CC)[C@@H](C)CC)C(=O)O. The van der Waals surface area contributed by atoms with Crippen molar-refractivity contribution in [2.45, 2.75) is 232 Å². The van der Waals surface area contributed by atoms with Crippen LogP contribution >= 0.6 is 11.8 Å². The highest BCUT2D eigenvalue weighted by atomic mass is 32.2. The molecule has 14 atom stereocenters. The van der Waals surface area contributed by atoms with Crippen molar-refractivity contribution in [2.24, 2.45) is 69.0 Å². The van der Waals surface area contributed by atoms with Crippen molar-refractivity contribution in [3.05, 3.63) is 29.8 Å². The molecule has 0 saturated heterocycles. The highest BCUT2D eigenvalue weighted by Gasteiger charge is 2.39. The molecular weight excluding hydrogens is 1290 g/mol. The molecule has 0 unspecified atom stereocenters. The number of primary amides is 2. The molecule has 32 nitrogen and oxygen atoms in total. The summed E-state index contributed by atoms with van der Waals surface area (Å²) < 4.78 is 0. The van der Waals surface area contributed by atoms with Gasteiger partial charge in [-0.25, -0.2) is 4.79 Å². The highest BCUT2D eigenvalue weighted by molar-refractivity contribution is 7.98. The normalized spacial score (nSPS) is 15.5. The molecule has 0 aliphatic carbocycles. The van der Waals surface area contributed by atoms with Crippen LogP contribution in [0.5, 0.6) is 5.75 Å². The monoisotopic (exact) mass is 1400 g/mol. The van der Waals surface area contributed by atoms with E-state index in [1.807, 2.05) is 27.7 Å². The Kier molecular flexibility index (Phi) is 41.2. The molecule has 0 bridgehead atoms. The number of nitrogens with zero attached hydrogens (tertiary/aromatic N) is 1. The fourth-order valence-electron chi connectivity index (χ4n) is 10.1. The van der Waals surface area contributed by atoms with Crippen LogP contribution in [0.4, 0.5) is 0 Å². The van der Waals surface area contributed by atoms with Gasteiger partial charge in [0, 0.05) is 19.4 Å². The number of guanidine groups is 1. The number of nitrogens with two attached hydrogens (primary N) is 6. The van der Waals surface area contributed by atoms with Crippen LogP contribution in [-0.4, -0.2) is 185 Å². The second-order valence-electron chi connectivity index (χ2n) is 25.8. The van der Waals surface area contributed by atoms with Gasteiger partial charge in [-0.15, -0.1) is 0 Å². The summed E-state index contributed by atoms with van der Waals surface area (Å²) in [5, 5.41) is 46.6. The van der Waals surface area contributed by atoms with Gasteiger partial charge in [0.05, 0.1) is 12.5 Å². The number of phenolic OH excluding ortho intramolecular Hbond substituents is 1. The van der Waals surface area contributed by atoms with E-state index in [0.29, 0.717) is 30.6 Å². The third kappa shape index (κ3) is 33.3. The van der Waals surface area contributed by atoms with Crippen LogP contribution in [0.2, 0.25) is 0 Å². The van der Waals surface area contributed by atoms with E-state index < -0.39 is 167 Å². The van der Waals surface area contributed by atoms with Crippen LogP contribution < -0.4 is 87.6 Å². The molecule has 0 aliphatic heterocycles. The summed E-state index contributed by atoms with van der Waals surface area (Å²) in [5.41, 5.74) is 34.2. The minimum atomic E-state index is -1.68. The van der Waals surface area contributed by atoms with E-state index >= 15 is 0 Å². The van der Waals surface area contributed by atoms with Crippen LogP contribution in [0.1, 0.15) is 165 Å². The number of aromatic hydroxyl groups is 1. The minimum absolute atomic E-state index is 0.0000187. The van der Waals surface area contributed by atoms with Gasteiger partial charge in [0.2, 0.25) is 70.9 Å². The summed E-state index contributed by atoms with van der Waals surface area (Å²) in [6, 6.07) is -9.34. The molecule has 554 valence electrons. The Morgan fingerprint density at radius 2 is 0.857 bits per heavy atom. The van der Waals surface area contributed by atoms with Gasteiger partial charge in [-0.1, -0.05) is 101 Å². The van der Waals surface area contributed by atoms with Crippen LogP contribution in [0.25, 0.3) is 0 Å². The number of carboxylic acids is 1. The van der Waals surface area contributed by atoms with Crippen molar-refractivity contribution in [3.8, 4) is 5.75 Å². The number of aliphatic imine (C=N–C) groups is 1. The lowest BCUT2D eigenvalue weighted by atomic mass is 9.95. The average Bonchev–Trinajstić information content (AvgIpc) is 0.856. The Balaban J connectivity index is 3.81. The summed E-state index contributed by atoms with van der Waals surface area (Å²) in [6.45, 7) is 17.7. The Morgan fingerprint density at radius 3 is 1.31 bits per heavy atom. The first kappa shape index (κ1) is 87.7. The molecule has 33 heteroatoms. The summed E-state index contributed by atoms with van der Waals surface area (Å²) in [5.74, 6) is -13.5. The van der Waals surface area contributed by atoms with Crippen molar-refractivity contribution in [3.63, 3.8) is 0 Å². The van der Waals surface area contributed by atoms with Crippen LogP contribution in [-0.2, 0) is 68.7 Å². The van der Waals surface area contributed by atoms with Gasteiger partial charge in [0.15, 0.2) is 5.96 Å². The van der Waals surface area contributed by atoms with Crippen molar-refractivity contribution in [2.75, 3.05) is 25.1 Å². The lowest BCUT2D eigenvalue weighted by Gasteiger charge is -2.31. The Labute approximate surface area is 579 Å². The van der Waals surface area contributed by atoms with Crippen LogP contribution in [0.15, 0.2) is 29.3 Å². The van der Waals surface area contributed by atoms with E-state index in [1.54, 1.807) is 47.8 Å². The minimum Gasteiger partial charge on any atom is -0.508 e. The van der Waals surface area contributed by atoms with E-state index in [1.165, 1.54) is 36.0 Å². The molecule has 1 aromatic rings. The number of rotatable bonds is 49. The van der Waals surface area contributed by atoms with Crippen molar-refractivity contribution >= 4 is 94.6 Å². The number of phenols is 1. The Bertz CT molecular complexity index is 2810. The second kappa shape index (κ2) is 46.0. The Morgan fingerprint density at radius 1 is 0.469 bits per heavy atom. The smallest absolute Gasteiger partial charge is 0.326 e. The molecule has 0 heterocycles. The molecule has 0 aromatic heterocycles. The molecule has 0 aliphatic rings. The molecule has 12 amide bonds. The number of hydrogen-bond donors (Lipinski definition) is 18. The summed E-state index contributed by atoms with van der Waals surface area (Å²) in [7, 11) is 0. The van der Waals surface area contributed by atoms with Crippen molar-refractivity contribution in [1.82, 2.24) is 53.2 Å². The van der Waals surface area contributed by atoms with Crippen LogP contribution in [0, 0.1) is 29.6 Å². The van der Waals surface area contributed by atoms with Crippen molar-refractivity contribution in [1.29, 1.82) is 0 Å². The van der Waals surface area contributed by atoms with Gasteiger partial charge in [-0.2, -0.15) is 11.8 Å². The van der Waals surface area contributed by atoms with Gasteiger partial charge in [0.25, 0.3) is 0 Å². The van der Waals surface area contributed by atoms with Gasteiger partial charge < -0.3 is 97.8 Å². The van der Waals surface area contributed by atoms with Gasteiger partial charge in [-0.3, -0.25) is 62.5 Å². The van der Waals surface area contributed by atoms with E-state index in [9.17, 15) is 72.5 Å². The van der Waals surface area contributed by atoms with Gasteiger partial charge in [-0.05, 0) is 124 Å². The maximum atomic E-state index is 14.8. The topological polar surface area (TPSA) is 551 Å². The molecule has 1 rings (SSSR count). The number of hydrogen-bond acceptors (Lipinski definition) is 18. The Hall–Kier alpha value is -8.33. The largest absolute Gasteiger partial charge is 0.508 e. The number of thioether (sulfide) groups is 1. The maximum Gasteiger partial charge on any atom is 0.326 e. The molecule has 0 spiro atoms. The summed E-state index contributed by atoms with van der Waals surface area (Å²) in [6.07, 6.45) is 2.37. The lowest BCUT2D eigenvalue weighted by Crippen LogP contribution is -2.62. The molecule has 0 saturated carbocycles. The van der Waals surface area contributed by atoms with Gasteiger partial charge in [0.1, 0.15) is 66.2 Å². The number of carbonyl (C=O) groups excluding carboxylic acids is 12. The first-order chi connectivity index (χ1) is 46.0. The fourth-order valence-corrected chi connectivity index (χ4v) is 10.6. The van der Waals surface area contributed by atoms with E-state index in [2.05, 4.69) is 58.2 Å². The zero-order valence-electron chi connectivity index (χ0n) is 58.8.